The van der Waals surface area contributed by atoms with Crippen molar-refractivity contribution in [1.29, 1.82) is 0 Å². The van der Waals surface area contributed by atoms with Crippen LogP contribution in [-0.4, -0.2) is 65.7 Å². The Bertz CT molecular complexity index is 472. The summed E-state index contributed by atoms with van der Waals surface area (Å²) in [7, 11) is 0. The van der Waals surface area contributed by atoms with Crippen molar-refractivity contribution in [2.45, 2.75) is 39.1 Å². The number of hydrogen-bond acceptors (Lipinski definition) is 4. The van der Waals surface area contributed by atoms with Crippen molar-refractivity contribution in [2.75, 3.05) is 32.7 Å². The SMILES string of the molecule is CC[C@H](O)CN1CCN(C(=O)[C@H](C)OCc2ccccc2)CC1. The molecule has 1 aliphatic rings. The predicted molar refractivity (Wildman–Crippen MR) is 90.0 cm³/mol. The molecule has 1 fully saturated rings. The molecule has 1 aromatic carbocycles. The van der Waals surface area contributed by atoms with Crippen molar-refractivity contribution in [1.82, 2.24) is 9.80 Å². The number of nitrogens with zero attached hydrogens (tertiary/aromatic N) is 2. The van der Waals surface area contributed by atoms with E-state index in [-0.39, 0.29) is 12.0 Å². The Morgan fingerprint density at radius 2 is 1.87 bits per heavy atom. The lowest BCUT2D eigenvalue weighted by molar-refractivity contribution is -0.145. The molecule has 1 aromatic rings. The monoisotopic (exact) mass is 320 g/mol. The Labute approximate surface area is 138 Å². The van der Waals surface area contributed by atoms with Crippen LogP contribution < -0.4 is 0 Å². The Morgan fingerprint density at radius 1 is 1.22 bits per heavy atom. The van der Waals surface area contributed by atoms with Gasteiger partial charge in [0.15, 0.2) is 0 Å². The van der Waals surface area contributed by atoms with Gasteiger partial charge in [0.2, 0.25) is 0 Å². The summed E-state index contributed by atoms with van der Waals surface area (Å²) in [5, 5.41) is 9.71. The highest BCUT2D eigenvalue weighted by Crippen LogP contribution is 2.09. The molecule has 5 heteroatoms. The lowest BCUT2D eigenvalue weighted by atomic mass is 10.2. The second-order valence-electron chi connectivity index (χ2n) is 6.13. The molecule has 0 aromatic heterocycles. The van der Waals surface area contributed by atoms with Crippen LogP contribution in [0.15, 0.2) is 30.3 Å². The summed E-state index contributed by atoms with van der Waals surface area (Å²) < 4.78 is 5.71. The molecule has 128 valence electrons. The highest BCUT2D eigenvalue weighted by atomic mass is 16.5. The van der Waals surface area contributed by atoms with E-state index >= 15 is 0 Å². The number of carbonyl (C=O) groups excluding carboxylic acids is 1. The molecule has 0 saturated carbocycles. The Hall–Kier alpha value is -1.43. The molecule has 1 aliphatic heterocycles. The lowest BCUT2D eigenvalue weighted by Crippen LogP contribution is -2.52. The molecule has 1 amide bonds. The van der Waals surface area contributed by atoms with Crippen molar-refractivity contribution in [2.24, 2.45) is 0 Å². The topological polar surface area (TPSA) is 53.0 Å². The maximum Gasteiger partial charge on any atom is 0.251 e. The van der Waals surface area contributed by atoms with E-state index in [1.54, 1.807) is 0 Å². The third kappa shape index (κ3) is 5.61. The maximum absolute atomic E-state index is 12.4. The van der Waals surface area contributed by atoms with E-state index in [9.17, 15) is 9.90 Å². The molecule has 0 aliphatic carbocycles. The van der Waals surface area contributed by atoms with E-state index < -0.39 is 6.10 Å². The van der Waals surface area contributed by atoms with Gasteiger partial charge in [0.25, 0.3) is 5.91 Å². The summed E-state index contributed by atoms with van der Waals surface area (Å²) in [5.74, 6) is 0.0524. The van der Waals surface area contributed by atoms with Crippen molar-refractivity contribution in [3.63, 3.8) is 0 Å². The number of benzene rings is 1. The third-order valence-corrected chi connectivity index (χ3v) is 4.31. The van der Waals surface area contributed by atoms with Crippen molar-refractivity contribution >= 4 is 5.91 Å². The van der Waals surface area contributed by atoms with E-state index in [0.717, 1.165) is 25.1 Å². The first-order chi connectivity index (χ1) is 11.1. The van der Waals surface area contributed by atoms with E-state index in [0.29, 0.717) is 26.2 Å². The molecule has 0 spiro atoms. The summed E-state index contributed by atoms with van der Waals surface area (Å²) in [6.45, 7) is 7.98. The van der Waals surface area contributed by atoms with Crippen LogP contribution in [0.25, 0.3) is 0 Å². The third-order valence-electron chi connectivity index (χ3n) is 4.31. The normalized spacial score (nSPS) is 18.7. The number of carbonyl (C=O) groups is 1. The number of rotatable bonds is 7. The molecule has 2 atom stereocenters. The Morgan fingerprint density at radius 3 is 2.48 bits per heavy atom. The zero-order chi connectivity index (χ0) is 16.7. The highest BCUT2D eigenvalue weighted by Gasteiger charge is 2.25. The minimum atomic E-state index is -0.428. The summed E-state index contributed by atoms with van der Waals surface area (Å²) in [5.41, 5.74) is 1.07. The number of piperazine rings is 1. The minimum absolute atomic E-state index is 0.0524. The summed E-state index contributed by atoms with van der Waals surface area (Å²) in [6, 6.07) is 9.89. The van der Waals surface area contributed by atoms with Gasteiger partial charge in [-0.05, 0) is 18.9 Å². The predicted octanol–water partition coefficient (Wildman–Crippen LogP) is 1.51. The van der Waals surface area contributed by atoms with Gasteiger partial charge in [0.05, 0.1) is 12.7 Å². The summed E-state index contributed by atoms with van der Waals surface area (Å²) in [6.07, 6.45) is 0.0668. The van der Waals surface area contributed by atoms with Gasteiger partial charge in [-0.25, -0.2) is 0 Å². The van der Waals surface area contributed by atoms with Gasteiger partial charge in [0, 0.05) is 32.7 Å². The summed E-state index contributed by atoms with van der Waals surface area (Å²) in [4.78, 5) is 16.5. The van der Waals surface area contributed by atoms with Crippen LogP contribution in [0.3, 0.4) is 0 Å². The lowest BCUT2D eigenvalue weighted by Gasteiger charge is -2.36. The molecule has 0 bridgehead atoms. The molecule has 1 saturated heterocycles. The maximum atomic E-state index is 12.4. The fourth-order valence-electron chi connectivity index (χ4n) is 2.70. The largest absolute Gasteiger partial charge is 0.392 e. The highest BCUT2D eigenvalue weighted by molar-refractivity contribution is 5.80. The first-order valence-corrected chi connectivity index (χ1v) is 8.45. The van der Waals surface area contributed by atoms with Crippen LogP contribution >= 0.6 is 0 Å². The van der Waals surface area contributed by atoms with Crippen LogP contribution in [0.2, 0.25) is 0 Å². The van der Waals surface area contributed by atoms with Gasteiger partial charge in [0.1, 0.15) is 6.10 Å². The molecule has 23 heavy (non-hydrogen) atoms. The van der Waals surface area contributed by atoms with Crippen molar-refractivity contribution < 1.29 is 14.6 Å². The molecule has 0 radical (unpaired) electrons. The zero-order valence-corrected chi connectivity index (χ0v) is 14.1. The first-order valence-electron chi connectivity index (χ1n) is 8.45. The first kappa shape index (κ1) is 17.9. The number of aliphatic hydroxyl groups excluding tert-OH is 1. The average Bonchev–Trinajstić information content (AvgIpc) is 2.60. The Balaban J connectivity index is 1.73. The second kappa shape index (κ2) is 9.01. The van der Waals surface area contributed by atoms with Crippen LogP contribution in [-0.2, 0) is 16.1 Å². The van der Waals surface area contributed by atoms with Gasteiger partial charge in [-0.2, -0.15) is 0 Å². The van der Waals surface area contributed by atoms with Gasteiger partial charge in [-0.3, -0.25) is 9.69 Å². The average molecular weight is 320 g/mol. The quantitative estimate of drug-likeness (QED) is 0.827. The standard InChI is InChI=1S/C18H28N2O3/c1-3-17(21)13-19-9-11-20(12-10-19)18(22)15(2)23-14-16-7-5-4-6-8-16/h4-8,15,17,21H,3,9-14H2,1-2H3/t15-,17-/m0/s1. The summed E-state index contributed by atoms with van der Waals surface area (Å²) >= 11 is 0. The number of β-amino-alcohol motifs (C(OH)–C–C–N with tert-alkyl or cyclic N) is 1. The van der Waals surface area contributed by atoms with Gasteiger partial charge in [-0.1, -0.05) is 37.3 Å². The molecule has 1 heterocycles. The molecule has 0 unspecified atom stereocenters. The number of ether oxygens (including phenoxy) is 1. The van der Waals surface area contributed by atoms with E-state index in [4.69, 9.17) is 4.74 Å². The van der Waals surface area contributed by atoms with E-state index in [1.165, 1.54) is 0 Å². The van der Waals surface area contributed by atoms with Crippen LogP contribution in [0.4, 0.5) is 0 Å². The minimum Gasteiger partial charge on any atom is -0.392 e. The Kier molecular flexibility index (Phi) is 7.02. The van der Waals surface area contributed by atoms with Crippen LogP contribution in [0, 0.1) is 0 Å². The fourth-order valence-corrected chi connectivity index (χ4v) is 2.70. The van der Waals surface area contributed by atoms with E-state index in [2.05, 4.69) is 4.90 Å². The van der Waals surface area contributed by atoms with Gasteiger partial charge >= 0.3 is 0 Å². The van der Waals surface area contributed by atoms with Crippen LogP contribution in [0.1, 0.15) is 25.8 Å². The van der Waals surface area contributed by atoms with Crippen molar-refractivity contribution in [3.05, 3.63) is 35.9 Å². The van der Waals surface area contributed by atoms with Crippen LogP contribution in [0.5, 0.6) is 0 Å². The molecular weight excluding hydrogens is 292 g/mol. The van der Waals surface area contributed by atoms with Gasteiger partial charge in [-0.15, -0.1) is 0 Å². The van der Waals surface area contributed by atoms with E-state index in [1.807, 2.05) is 49.1 Å². The smallest absolute Gasteiger partial charge is 0.251 e. The second-order valence-corrected chi connectivity index (χ2v) is 6.13. The van der Waals surface area contributed by atoms with Gasteiger partial charge < -0.3 is 14.7 Å². The number of amides is 1. The molecule has 5 nitrogen and oxygen atoms in total. The molecule has 2 rings (SSSR count). The zero-order valence-electron chi connectivity index (χ0n) is 14.1. The number of aliphatic hydroxyl groups is 1. The van der Waals surface area contributed by atoms with Crippen molar-refractivity contribution in [3.8, 4) is 0 Å². The number of hydrogen-bond donors (Lipinski definition) is 1. The fraction of sp³-hybridized carbons (Fsp3) is 0.611. The molecular formula is C18H28N2O3. The molecule has 1 N–H and O–H groups in total.